The number of hydrogen-bond acceptors (Lipinski definition) is 3. The molecule has 0 aliphatic carbocycles. The Morgan fingerprint density at radius 2 is 2.08 bits per heavy atom. The van der Waals surface area contributed by atoms with Gasteiger partial charge in [-0.2, -0.15) is 0 Å². The van der Waals surface area contributed by atoms with Crippen LogP contribution in [0, 0.1) is 5.92 Å². The van der Waals surface area contributed by atoms with E-state index in [1.807, 2.05) is 20.8 Å². The molecule has 0 heterocycles. The van der Waals surface area contributed by atoms with Gasteiger partial charge in [0.15, 0.2) is 0 Å². The first kappa shape index (κ1) is 11.4. The van der Waals surface area contributed by atoms with Crippen LogP contribution < -0.4 is 5.73 Å². The third kappa shape index (κ3) is 2.81. The van der Waals surface area contributed by atoms with Gasteiger partial charge in [-0.1, -0.05) is 20.8 Å². The number of esters is 1. The summed E-state index contributed by atoms with van der Waals surface area (Å²) < 4.78 is 4.95. The Labute approximate surface area is 74.3 Å². The standard InChI is InChI=1S/C9H19NO2/c1-5-6-12-8(11)9(4,10)7(2)3/h7H,5-6,10H2,1-4H3. The van der Waals surface area contributed by atoms with Crippen LogP contribution in [0.15, 0.2) is 0 Å². The highest BCUT2D eigenvalue weighted by atomic mass is 16.5. The molecule has 12 heavy (non-hydrogen) atoms. The van der Waals surface area contributed by atoms with Gasteiger partial charge in [0.25, 0.3) is 0 Å². The van der Waals surface area contributed by atoms with Gasteiger partial charge in [-0.3, -0.25) is 4.79 Å². The molecular formula is C9H19NO2. The van der Waals surface area contributed by atoms with E-state index in [2.05, 4.69) is 0 Å². The minimum absolute atomic E-state index is 0.0989. The number of carbonyl (C=O) groups excluding carboxylic acids is 1. The van der Waals surface area contributed by atoms with E-state index >= 15 is 0 Å². The zero-order chi connectivity index (χ0) is 9.78. The molecule has 0 saturated heterocycles. The number of rotatable bonds is 4. The molecule has 0 amide bonds. The predicted octanol–water partition coefficient (Wildman–Crippen LogP) is 1.31. The molecule has 0 aliphatic heterocycles. The maximum absolute atomic E-state index is 11.3. The molecule has 0 aliphatic rings. The lowest BCUT2D eigenvalue weighted by atomic mass is 9.90. The van der Waals surface area contributed by atoms with Crippen LogP contribution in [0.5, 0.6) is 0 Å². The van der Waals surface area contributed by atoms with Crippen molar-refractivity contribution in [2.24, 2.45) is 11.7 Å². The normalized spacial score (nSPS) is 15.8. The van der Waals surface area contributed by atoms with E-state index in [-0.39, 0.29) is 11.9 Å². The second-order valence-electron chi connectivity index (χ2n) is 3.57. The molecule has 0 radical (unpaired) electrons. The van der Waals surface area contributed by atoms with Crippen molar-refractivity contribution < 1.29 is 9.53 Å². The molecule has 2 N–H and O–H groups in total. The summed E-state index contributed by atoms with van der Waals surface area (Å²) in [6.45, 7) is 7.94. The van der Waals surface area contributed by atoms with Crippen molar-refractivity contribution in [1.29, 1.82) is 0 Å². The van der Waals surface area contributed by atoms with Crippen LogP contribution in [0.4, 0.5) is 0 Å². The summed E-state index contributed by atoms with van der Waals surface area (Å²) in [7, 11) is 0. The number of hydrogen-bond donors (Lipinski definition) is 1. The molecule has 0 fully saturated rings. The van der Waals surface area contributed by atoms with Crippen molar-refractivity contribution in [2.75, 3.05) is 6.61 Å². The quantitative estimate of drug-likeness (QED) is 0.652. The topological polar surface area (TPSA) is 52.3 Å². The minimum Gasteiger partial charge on any atom is -0.464 e. The summed E-state index contributed by atoms with van der Waals surface area (Å²) in [5.74, 6) is -0.207. The summed E-state index contributed by atoms with van der Waals surface area (Å²) >= 11 is 0. The Kier molecular flexibility index (Phi) is 4.24. The van der Waals surface area contributed by atoms with E-state index in [0.29, 0.717) is 6.61 Å². The number of ether oxygens (including phenoxy) is 1. The lowest BCUT2D eigenvalue weighted by Gasteiger charge is -2.26. The van der Waals surface area contributed by atoms with Gasteiger partial charge in [-0.25, -0.2) is 0 Å². The molecule has 0 aromatic rings. The molecule has 1 unspecified atom stereocenters. The summed E-state index contributed by atoms with van der Waals surface area (Å²) in [5, 5.41) is 0. The fraction of sp³-hybridized carbons (Fsp3) is 0.889. The van der Waals surface area contributed by atoms with Crippen LogP contribution >= 0.6 is 0 Å². The van der Waals surface area contributed by atoms with Gasteiger partial charge in [-0.05, 0) is 19.3 Å². The van der Waals surface area contributed by atoms with Crippen molar-refractivity contribution in [2.45, 2.75) is 39.7 Å². The summed E-state index contributed by atoms with van der Waals surface area (Å²) in [5.41, 5.74) is 4.92. The molecule has 0 aromatic heterocycles. The van der Waals surface area contributed by atoms with Crippen molar-refractivity contribution >= 4 is 5.97 Å². The minimum atomic E-state index is -0.852. The van der Waals surface area contributed by atoms with Crippen molar-refractivity contribution in [3.05, 3.63) is 0 Å². The first-order valence-corrected chi connectivity index (χ1v) is 4.39. The molecule has 0 saturated carbocycles. The molecular weight excluding hydrogens is 154 g/mol. The van der Waals surface area contributed by atoms with Crippen LogP contribution in [0.25, 0.3) is 0 Å². The SMILES string of the molecule is CCCOC(=O)C(C)(N)C(C)C. The predicted molar refractivity (Wildman–Crippen MR) is 48.7 cm³/mol. The summed E-state index contributed by atoms with van der Waals surface area (Å²) in [6, 6.07) is 0. The van der Waals surface area contributed by atoms with Crippen molar-refractivity contribution in [1.82, 2.24) is 0 Å². The fourth-order valence-corrected chi connectivity index (χ4v) is 0.586. The Morgan fingerprint density at radius 3 is 2.42 bits per heavy atom. The van der Waals surface area contributed by atoms with Crippen LogP contribution in [0.1, 0.15) is 34.1 Å². The Balaban J connectivity index is 4.07. The molecule has 0 spiro atoms. The Hall–Kier alpha value is -0.570. The molecule has 0 rings (SSSR count). The van der Waals surface area contributed by atoms with Gasteiger partial charge in [0.1, 0.15) is 5.54 Å². The van der Waals surface area contributed by atoms with Gasteiger partial charge in [0.2, 0.25) is 0 Å². The third-order valence-electron chi connectivity index (χ3n) is 2.08. The smallest absolute Gasteiger partial charge is 0.326 e. The Morgan fingerprint density at radius 1 is 1.58 bits per heavy atom. The van der Waals surface area contributed by atoms with E-state index < -0.39 is 5.54 Å². The average Bonchev–Trinajstić information content (AvgIpc) is 1.99. The van der Waals surface area contributed by atoms with Gasteiger partial charge in [0, 0.05) is 0 Å². The zero-order valence-corrected chi connectivity index (χ0v) is 8.39. The van der Waals surface area contributed by atoms with Gasteiger partial charge in [0.05, 0.1) is 6.61 Å². The van der Waals surface area contributed by atoms with Crippen molar-refractivity contribution in [3.63, 3.8) is 0 Å². The zero-order valence-electron chi connectivity index (χ0n) is 8.39. The molecule has 3 nitrogen and oxygen atoms in total. The van der Waals surface area contributed by atoms with Gasteiger partial charge in [-0.15, -0.1) is 0 Å². The van der Waals surface area contributed by atoms with E-state index in [1.54, 1.807) is 6.92 Å². The first-order valence-electron chi connectivity index (χ1n) is 4.39. The summed E-state index contributed by atoms with van der Waals surface area (Å²) in [4.78, 5) is 11.3. The lowest BCUT2D eigenvalue weighted by molar-refractivity contribution is -0.151. The van der Waals surface area contributed by atoms with E-state index in [4.69, 9.17) is 10.5 Å². The molecule has 3 heteroatoms. The highest BCUT2D eigenvalue weighted by Crippen LogP contribution is 2.14. The number of carbonyl (C=O) groups is 1. The van der Waals surface area contributed by atoms with Gasteiger partial charge >= 0.3 is 5.97 Å². The number of nitrogens with two attached hydrogens (primary N) is 1. The van der Waals surface area contributed by atoms with Crippen LogP contribution in [0.2, 0.25) is 0 Å². The van der Waals surface area contributed by atoms with E-state index in [9.17, 15) is 4.79 Å². The molecule has 1 atom stereocenters. The van der Waals surface area contributed by atoms with E-state index in [1.165, 1.54) is 0 Å². The van der Waals surface area contributed by atoms with Crippen LogP contribution in [-0.2, 0) is 9.53 Å². The summed E-state index contributed by atoms with van der Waals surface area (Å²) in [6.07, 6.45) is 0.833. The highest BCUT2D eigenvalue weighted by molar-refractivity contribution is 5.80. The van der Waals surface area contributed by atoms with Crippen LogP contribution in [-0.4, -0.2) is 18.1 Å². The molecule has 0 aromatic carbocycles. The first-order chi connectivity index (χ1) is 5.42. The van der Waals surface area contributed by atoms with Gasteiger partial charge < -0.3 is 10.5 Å². The maximum Gasteiger partial charge on any atom is 0.326 e. The van der Waals surface area contributed by atoms with Crippen LogP contribution in [0.3, 0.4) is 0 Å². The molecule has 0 bridgehead atoms. The monoisotopic (exact) mass is 173 g/mol. The maximum atomic E-state index is 11.3. The second-order valence-corrected chi connectivity index (χ2v) is 3.57. The van der Waals surface area contributed by atoms with E-state index in [0.717, 1.165) is 6.42 Å². The third-order valence-corrected chi connectivity index (χ3v) is 2.08. The van der Waals surface area contributed by atoms with Crippen molar-refractivity contribution in [3.8, 4) is 0 Å². The Bertz CT molecular complexity index is 153. The lowest BCUT2D eigenvalue weighted by Crippen LogP contribution is -2.50. The largest absolute Gasteiger partial charge is 0.464 e. The fourth-order valence-electron chi connectivity index (χ4n) is 0.586. The second kappa shape index (κ2) is 4.45. The highest BCUT2D eigenvalue weighted by Gasteiger charge is 2.33. The molecule has 72 valence electrons. The average molecular weight is 173 g/mol.